The van der Waals surface area contributed by atoms with Crippen molar-refractivity contribution in [2.75, 3.05) is 60.2 Å². The van der Waals surface area contributed by atoms with Crippen molar-refractivity contribution in [1.82, 2.24) is 9.21 Å². The first kappa shape index (κ1) is 24.8. The first-order valence-electron chi connectivity index (χ1n) is 10.7. The summed E-state index contributed by atoms with van der Waals surface area (Å²) < 4.78 is 49.3. The van der Waals surface area contributed by atoms with E-state index in [2.05, 4.69) is 0 Å². The smallest absolute Gasteiger partial charge is 0.257 e. The van der Waals surface area contributed by atoms with Gasteiger partial charge in [0.25, 0.3) is 5.91 Å². The van der Waals surface area contributed by atoms with Gasteiger partial charge in [-0.2, -0.15) is 4.31 Å². The Balaban J connectivity index is 1.70. The van der Waals surface area contributed by atoms with Crippen LogP contribution in [0.2, 0.25) is 0 Å². The van der Waals surface area contributed by atoms with Crippen molar-refractivity contribution in [3.8, 4) is 17.2 Å². The van der Waals surface area contributed by atoms with Gasteiger partial charge in [-0.3, -0.25) is 4.79 Å². The van der Waals surface area contributed by atoms with Crippen LogP contribution in [0, 0.1) is 0 Å². The zero-order chi connectivity index (χ0) is 23.8. The fraction of sp³-hybridized carbons (Fsp3) is 0.435. The van der Waals surface area contributed by atoms with Crippen LogP contribution in [0.5, 0.6) is 17.2 Å². The summed E-state index contributed by atoms with van der Waals surface area (Å²) in [7, 11) is -0.930. The van der Waals surface area contributed by atoms with E-state index in [4.69, 9.17) is 18.9 Å². The molecule has 0 radical (unpaired) electrons. The van der Waals surface area contributed by atoms with Crippen molar-refractivity contribution in [3.05, 3.63) is 48.0 Å². The lowest BCUT2D eigenvalue weighted by Gasteiger charge is -2.34. The molecule has 0 atom stereocenters. The number of carbonyl (C=O) groups excluding carboxylic acids is 1. The Labute approximate surface area is 194 Å². The van der Waals surface area contributed by atoms with Crippen LogP contribution >= 0.6 is 0 Å². The maximum Gasteiger partial charge on any atom is 0.257 e. The summed E-state index contributed by atoms with van der Waals surface area (Å²) in [6, 6.07) is 11.7. The molecule has 1 saturated heterocycles. The molecule has 0 spiro atoms. The summed E-state index contributed by atoms with van der Waals surface area (Å²) in [5.41, 5.74) is 0.444. The first-order chi connectivity index (χ1) is 15.9. The number of benzene rings is 2. The normalized spacial score (nSPS) is 14.7. The van der Waals surface area contributed by atoms with E-state index in [1.54, 1.807) is 41.3 Å². The lowest BCUT2D eigenvalue weighted by atomic mass is 10.1. The van der Waals surface area contributed by atoms with Crippen LogP contribution in [0.25, 0.3) is 0 Å². The third kappa shape index (κ3) is 5.76. The van der Waals surface area contributed by atoms with Gasteiger partial charge < -0.3 is 23.8 Å². The zero-order valence-electron chi connectivity index (χ0n) is 19.2. The van der Waals surface area contributed by atoms with Crippen LogP contribution in [0.15, 0.2) is 47.4 Å². The Hall–Kier alpha value is -2.82. The lowest BCUT2D eigenvalue weighted by molar-refractivity contribution is 0.0688. The number of hydrogen-bond acceptors (Lipinski definition) is 7. The summed E-state index contributed by atoms with van der Waals surface area (Å²) in [4.78, 5) is 14.8. The molecule has 0 N–H and O–H groups in total. The van der Waals surface area contributed by atoms with Crippen molar-refractivity contribution in [2.45, 2.75) is 11.8 Å². The fourth-order valence-corrected chi connectivity index (χ4v) is 5.14. The Morgan fingerprint density at radius 2 is 1.67 bits per heavy atom. The summed E-state index contributed by atoms with van der Waals surface area (Å²) >= 11 is 0. The zero-order valence-corrected chi connectivity index (χ0v) is 20.0. The van der Waals surface area contributed by atoms with Crippen LogP contribution in [-0.2, 0) is 14.8 Å². The molecule has 2 aromatic carbocycles. The first-order valence-corrected chi connectivity index (χ1v) is 12.2. The molecule has 33 heavy (non-hydrogen) atoms. The molecule has 0 aromatic heterocycles. The highest BCUT2D eigenvalue weighted by molar-refractivity contribution is 7.89. The second-order valence-corrected chi connectivity index (χ2v) is 9.16. The molecule has 0 bridgehead atoms. The number of nitrogens with zero attached hydrogens (tertiary/aromatic N) is 2. The summed E-state index contributed by atoms with van der Waals surface area (Å²) in [5.74, 6) is 0.952. The van der Waals surface area contributed by atoms with Crippen LogP contribution in [0.1, 0.15) is 17.3 Å². The molecule has 1 fully saturated rings. The van der Waals surface area contributed by atoms with Crippen molar-refractivity contribution in [2.24, 2.45) is 0 Å². The Bertz CT molecular complexity index is 1050. The molecule has 0 unspecified atom stereocenters. The maximum atomic E-state index is 13.3. The average molecular weight is 479 g/mol. The molecule has 2 aromatic rings. The van der Waals surface area contributed by atoms with E-state index >= 15 is 0 Å². The summed E-state index contributed by atoms with van der Waals surface area (Å²) in [6.45, 7) is 4.13. The largest absolute Gasteiger partial charge is 0.497 e. The topological polar surface area (TPSA) is 94.6 Å². The number of amides is 1. The summed E-state index contributed by atoms with van der Waals surface area (Å²) in [5, 5.41) is 0. The number of hydrogen-bond donors (Lipinski definition) is 0. The van der Waals surface area contributed by atoms with Gasteiger partial charge in [-0.05, 0) is 31.2 Å². The quantitative estimate of drug-likeness (QED) is 0.484. The van der Waals surface area contributed by atoms with E-state index < -0.39 is 10.0 Å². The lowest BCUT2D eigenvalue weighted by Crippen LogP contribution is -2.50. The number of rotatable bonds is 10. The van der Waals surface area contributed by atoms with Crippen molar-refractivity contribution in [1.29, 1.82) is 0 Å². The highest BCUT2D eigenvalue weighted by atomic mass is 32.2. The van der Waals surface area contributed by atoms with Crippen molar-refractivity contribution in [3.63, 3.8) is 0 Å². The Morgan fingerprint density at radius 3 is 2.33 bits per heavy atom. The third-order valence-electron chi connectivity index (χ3n) is 5.32. The molecule has 1 aliphatic rings. The molecule has 1 heterocycles. The van der Waals surface area contributed by atoms with Gasteiger partial charge >= 0.3 is 0 Å². The minimum Gasteiger partial charge on any atom is -0.497 e. The molecule has 1 aliphatic heterocycles. The van der Waals surface area contributed by atoms with E-state index in [9.17, 15) is 13.2 Å². The molecule has 0 saturated carbocycles. The second-order valence-electron chi connectivity index (χ2n) is 7.25. The summed E-state index contributed by atoms with van der Waals surface area (Å²) in [6.07, 6.45) is 0. The molecule has 9 nitrogen and oxygen atoms in total. The van der Waals surface area contributed by atoms with Crippen molar-refractivity contribution >= 4 is 15.9 Å². The van der Waals surface area contributed by atoms with Gasteiger partial charge in [0.05, 0.1) is 26.4 Å². The van der Waals surface area contributed by atoms with Crippen LogP contribution in [0.4, 0.5) is 0 Å². The Morgan fingerprint density at radius 1 is 0.939 bits per heavy atom. The SMILES string of the molecule is CCOCCOc1ccccc1C(=O)N1CCN(S(=O)(=O)c2cc(OC)ccc2OC)CC1. The van der Waals surface area contributed by atoms with E-state index in [1.807, 2.05) is 6.92 Å². The molecule has 1 amide bonds. The van der Waals surface area contributed by atoms with Gasteiger partial charge in [0.2, 0.25) is 10.0 Å². The van der Waals surface area contributed by atoms with E-state index in [-0.39, 0.29) is 42.7 Å². The molecule has 10 heteroatoms. The third-order valence-corrected chi connectivity index (χ3v) is 7.24. The van der Waals surface area contributed by atoms with Crippen LogP contribution in [-0.4, -0.2) is 83.7 Å². The number of para-hydroxylation sites is 1. The molecular formula is C23H30N2O7S. The van der Waals surface area contributed by atoms with Gasteiger partial charge in [-0.15, -0.1) is 0 Å². The molecule has 180 valence electrons. The number of sulfonamides is 1. The molecular weight excluding hydrogens is 448 g/mol. The maximum absolute atomic E-state index is 13.3. The Kier molecular flexibility index (Phi) is 8.54. The minimum absolute atomic E-state index is 0.0390. The number of ether oxygens (including phenoxy) is 4. The van der Waals surface area contributed by atoms with Crippen LogP contribution in [0.3, 0.4) is 0 Å². The second kappa shape index (κ2) is 11.4. The molecule has 3 rings (SSSR count). The highest BCUT2D eigenvalue weighted by Crippen LogP contribution is 2.31. The van der Waals surface area contributed by atoms with E-state index in [1.165, 1.54) is 24.6 Å². The predicted molar refractivity (Wildman–Crippen MR) is 123 cm³/mol. The monoisotopic (exact) mass is 478 g/mol. The van der Waals surface area contributed by atoms with Gasteiger partial charge in [-0.1, -0.05) is 12.1 Å². The molecule has 0 aliphatic carbocycles. The average Bonchev–Trinajstić information content (AvgIpc) is 2.86. The number of carbonyl (C=O) groups is 1. The van der Waals surface area contributed by atoms with Gasteiger partial charge in [-0.25, -0.2) is 8.42 Å². The van der Waals surface area contributed by atoms with Crippen LogP contribution < -0.4 is 14.2 Å². The highest BCUT2D eigenvalue weighted by Gasteiger charge is 2.33. The minimum atomic E-state index is -3.83. The van der Waals surface area contributed by atoms with E-state index in [0.29, 0.717) is 36.9 Å². The number of methoxy groups -OCH3 is 2. The van der Waals surface area contributed by atoms with Crippen molar-refractivity contribution < 1.29 is 32.2 Å². The van der Waals surface area contributed by atoms with E-state index in [0.717, 1.165) is 0 Å². The predicted octanol–water partition coefficient (Wildman–Crippen LogP) is 2.27. The fourth-order valence-electron chi connectivity index (χ4n) is 3.55. The van der Waals surface area contributed by atoms with Gasteiger partial charge in [0.1, 0.15) is 28.8 Å². The number of piperazine rings is 1. The van der Waals surface area contributed by atoms with Gasteiger partial charge in [0, 0.05) is 38.9 Å². The standard InChI is InChI=1S/C23H30N2O7S/c1-4-31-15-16-32-20-8-6-5-7-19(20)23(26)24-11-13-25(14-12-24)33(27,28)22-17-18(29-2)9-10-21(22)30-3/h5-10,17H,4,11-16H2,1-3H3. The van der Waals surface area contributed by atoms with Gasteiger partial charge in [0.15, 0.2) is 0 Å².